The fourth-order valence-electron chi connectivity index (χ4n) is 3.24. The maximum absolute atomic E-state index is 12.5. The van der Waals surface area contributed by atoms with E-state index in [-0.39, 0.29) is 29.7 Å². The van der Waals surface area contributed by atoms with Gasteiger partial charge in [0, 0.05) is 51.9 Å². The number of hydrogen-bond acceptors (Lipinski definition) is 4. The lowest BCUT2D eigenvalue weighted by atomic mass is 10.1. The number of benzene rings is 1. The average molecular weight is 557 g/mol. The molecule has 1 heterocycles. The first kappa shape index (κ1) is 27.8. The predicted octanol–water partition coefficient (Wildman–Crippen LogP) is 3.25. The third kappa shape index (κ3) is 11.2. The highest BCUT2D eigenvalue weighted by Crippen LogP contribution is 2.23. The summed E-state index contributed by atoms with van der Waals surface area (Å²) in [5, 5.41) is 6.41. The molecule has 31 heavy (non-hydrogen) atoms. The number of piperazine rings is 1. The first-order chi connectivity index (χ1) is 14.3. The van der Waals surface area contributed by atoms with E-state index in [0.29, 0.717) is 18.1 Å². The van der Waals surface area contributed by atoms with E-state index in [0.717, 1.165) is 57.7 Å². The van der Waals surface area contributed by atoms with Crippen molar-refractivity contribution in [2.75, 3.05) is 60.0 Å². The van der Waals surface area contributed by atoms with Gasteiger partial charge >= 0.3 is 6.18 Å². The average Bonchev–Trinajstić information content (AvgIpc) is 2.70. The molecule has 1 aromatic rings. The minimum absolute atomic E-state index is 0. The Bertz CT molecular complexity index is 679. The molecule has 6 nitrogen and oxygen atoms in total. The van der Waals surface area contributed by atoms with Crippen molar-refractivity contribution in [1.82, 2.24) is 20.4 Å². The quantitative estimate of drug-likeness (QED) is 0.212. The van der Waals surface area contributed by atoms with Crippen molar-refractivity contribution < 1.29 is 17.9 Å². The summed E-state index contributed by atoms with van der Waals surface area (Å²) in [5.74, 6) is 0.861. The Morgan fingerprint density at radius 2 is 1.84 bits per heavy atom. The summed E-state index contributed by atoms with van der Waals surface area (Å²) in [5.41, 5.74) is 1.50. The number of aliphatic imine (C=N–C) groups is 1. The van der Waals surface area contributed by atoms with E-state index in [1.165, 1.54) is 0 Å². The Morgan fingerprint density at radius 1 is 1.13 bits per heavy atom. The number of ether oxygens (including phenoxy) is 1. The Morgan fingerprint density at radius 3 is 2.48 bits per heavy atom. The number of alkyl halides is 3. The highest BCUT2D eigenvalue weighted by molar-refractivity contribution is 14.0. The van der Waals surface area contributed by atoms with Crippen LogP contribution in [0.1, 0.15) is 24.0 Å². The summed E-state index contributed by atoms with van der Waals surface area (Å²) >= 11 is 0. The molecule has 1 fully saturated rings. The van der Waals surface area contributed by atoms with Gasteiger partial charge in [-0.05, 0) is 45.0 Å². The number of guanidine groups is 1. The largest absolute Gasteiger partial charge is 0.484 e. The second-order valence-electron chi connectivity index (χ2n) is 7.72. The van der Waals surface area contributed by atoms with Gasteiger partial charge < -0.3 is 25.2 Å². The van der Waals surface area contributed by atoms with Gasteiger partial charge in [0.25, 0.3) is 0 Å². The molecule has 0 unspecified atom stereocenters. The van der Waals surface area contributed by atoms with Gasteiger partial charge in [-0.15, -0.1) is 24.0 Å². The van der Waals surface area contributed by atoms with Crippen molar-refractivity contribution in [3.8, 4) is 5.75 Å². The van der Waals surface area contributed by atoms with E-state index in [1.54, 1.807) is 19.2 Å². The Balaban J connectivity index is 0.00000480. The number of rotatable bonds is 9. The molecule has 0 saturated carbocycles. The van der Waals surface area contributed by atoms with Crippen molar-refractivity contribution in [1.29, 1.82) is 0 Å². The summed E-state index contributed by atoms with van der Waals surface area (Å²) in [6.45, 7) is 7.25. The molecular weight excluding hydrogens is 522 g/mol. The molecule has 2 rings (SSSR count). The number of halogens is 4. The summed E-state index contributed by atoms with van der Waals surface area (Å²) in [4.78, 5) is 9.03. The van der Waals surface area contributed by atoms with Crippen LogP contribution in [-0.2, 0) is 6.54 Å². The molecule has 0 spiro atoms. The standard InChI is InChI=1S/C21H34F3N5O.HI/c1-17-6-7-18(19(14-17)30-16-21(22,23)24)15-27-20(25-2)26-8-4-5-9-29-12-10-28(3)11-13-29;/h6-7,14H,4-5,8-13,15-16H2,1-3H3,(H2,25,26,27);1H. The number of nitrogens with zero attached hydrogens (tertiary/aromatic N) is 3. The number of aryl methyl sites for hydroxylation is 1. The lowest BCUT2D eigenvalue weighted by Gasteiger charge is -2.32. The zero-order valence-electron chi connectivity index (χ0n) is 18.6. The van der Waals surface area contributed by atoms with Crippen LogP contribution >= 0.6 is 24.0 Å². The summed E-state index contributed by atoms with van der Waals surface area (Å²) < 4.78 is 42.5. The molecule has 0 amide bonds. The monoisotopic (exact) mass is 557 g/mol. The molecule has 0 radical (unpaired) electrons. The van der Waals surface area contributed by atoms with Gasteiger partial charge in [0.1, 0.15) is 5.75 Å². The topological polar surface area (TPSA) is 52.1 Å². The lowest BCUT2D eigenvalue weighted by molar-refractivity contribution is -0.153. The van der Waals surface area contributed by atoms with Crippen molar-refractivity contribution in [2.45, 2.75) is 32.5 Å². The Hall–Kier alpha value is -1.27. The van der Waals surface area contributed by atoms with Gasteiger partial charge in [0.15, 0.2) is 12.6 Å². The third-order valence-electron chi connectivity index (χ3n) is 5.07. The van der Waals surface area contributed by atoms with E-state index >= 15 is 0 Å². The van der Waals surface area contributed by atoms with Gasteiger partial charge in [0.2, 0.25) is 0 Å². The van der Waals surface area contributed by atoms with Crippen molar-refractivity contribution in [3.63, 3.8) is 0 Å². The third-order valence-corrected chi connectivity index (χ3v) is 5.07. The minimum Gasteiger partial charge on any atom is -0.484 e. The van der Waals surface area contributed by atoms with Crippen LogP contribution in [0.3, 0.4) is 0 Å². The van der Waals surface area contributed by atoms with Crippen LogP contribution in [0, 0.1) is 6.92 Å². The Labute approximate surface area is 200 Å². The summed E-state index contributed by atoms with van der Waals surface area (Å²) in [7, 11) is 3.83. The molecule has 2 N–H and O–H groups in total. The van der Waals surface area contributed by atoms with Crippen molar-refractivity contribution in [3.05, 3.63) is 29.3 Å². The fourth-order valence-corrected chi connectivity index (χ4v) is 3.24. The van der Waals surface area contributed by atoms with E-state index < -0.39 is 12.8 Å². The zero-order chi connectivity index (χ0) is 22.0. The maximum Gasteiger partial charge on any atom is 0.422 e. The highest BCUT2D eigenvalue weighted by Gasteiger charge is 2.28. The van der Waals surface area contributed by atoms with Crippen LogP contribution in [0.25, 0.3) is 0 Å². The summed E-state index contributed by atoms with van der Waals surface area (Å²) in [6, 6.07) is 5.25. The Kier molecular flexibility index (Phi) is 12.5. The second kappa shape index (κ2) is 14.0. The molecule has 0 aliphatic carbocycles. The number of likely N-dealkylation sites (N-methyl/N-ethyl adjacent to an activating group) is 1. The van der Waals surface area contributed by atoms with Gasteiger partial charge in [-0.25, -0.2) is 0 Å². The molecule has 1 saturated heterocycles. The molecule has 1 aliphatic rings. The molecule has 1 aromatic carbocycles. The van der Waals surface area contributed by atoms with E-state index in [4.69, 9.17) is 4.74 Å². The summed E-state index contributed by atoms with van der Waals surface area (Å²) in [6.07, 6.45) is -2.23. The number of hydrogen-bond donors (Lipinski definition) is 2. The minimum atomic E-state index is -4.36. The van der Waals surface area contributed by atoms with E-state index in [9.17, 15) is 13.2 Å². The van der Waals surface area contributed by atoms with E-state index in [2.05, 4.69) is 32.5 Å². The normalized spacial score (nSPS) is 16.0. The fraction of sp³-hybridized carbons (Fsp3) is 0.667. The number of unbranched alkanes of at least 4 members (excludes halogenated alkanes) is 1. The highest BCUT2D eigenvalue weighted by atomic mass is 127. The van der Waals surface area contributed by atoms with Gasteiger partial charge in [-0.1, -0.05) is 12.1 Å². The lowest BCUT2D eigenvalue weighted by Crippen LogP contribution is -2.44. The van der Waals surface area contributed by atoms with Crippen LogP contribution < -0.4 is 15.4 Å². The predicted molar refractivity (Wildman–Crippen MR) is 130 cm³/mol. The first-order valence-corrected chi connectivity index (χ1v) is 10.4. The second-order valence-corrected chi connectivity index (χ2v) is 7.72. The number of nitrogens with one attached hydrogen (secondary N) is 2. The van der Waals surface area contributed by atoms with Crippen LogP contribution in [0.4, 0.5) is 13.2 Å². The first-order valence-electron chi connectivity index (χ1n) is 10.4. The molecule has 10 heteroatoms. The van der Waals surface area contributed by atoms with Crippen LogP contribution in [-0.4, -0.2) is 81.9 Å². The van der Waals surface area contributed by atoms with Gasteiger partial charge in [0.05, 0.1) is 0 Å². The molecule has 1 aliphatic heterocycles. The van der Waals surface area contributed by atoms with Crippen LogP contribution in [0.2, 0.25) is 0 Å². The molecule has 0 bridgehead atoms. The molecule has 178 valence electrons. The van der Waals surface area contributed by atoms with Crippen molar-refractivity contribution >= 4 is 29.9 Å². The molecule has 0 atom stereocenters. The van der Waals surface area contributed by atoms with Crippen molar-refractivity contribution in [2.24, 2.45) is 4.99 Å². The zero-order valence-corrected chi connectivity index (χ0v) is 20.9. The van der Waals surface area contributed by atoms with E-state index in [1.807, 2.05) is 13.0 Å². The van der Waals surface area contributed by atoms with Gasteiger partial charge in [-0.2, -0.15) is 13.2 Å². The maximum atomic E-state index is 12.5. The molecule has 0 aromatic heterocycles. The van der Waals surface area contributed by atoms with Gasteiger partial charge in [-0.3, -0.25) is 4.99 Å². The SMILES string of the molecule is CN=C(NCCCCN1CCN(C)CC1)NCc1ccc(C)cc1OCC(F)(F)F.I. The smallest absolute Gasteiger partial charge is 0.422 e. The van der Waals surface area contributed by atoms with Crippen LogP contribution in [0.15, 0.2) is 23.2 Å². The molecular formula is C21H35F3IN5O. The van der Waals surface area contributed by atoms with Crippen LogP contribution in [0.5, 0.6) is 5.75 Å².